The van der Waals surface area contributed by atoms with Crippen LogP contribution in [0, 0.1) is 0 Å². The second-order valence-electron chi connectivity index (χ2n) is 4.31. The number of methoxy groups -OCH3 is 1. The Labute approximate surface area is 126 Å². The predicted octanol–water partition coefficient (Wildman–Crippen LogP) is -1.15. The van der Waals surface area contributed by atoms with Crippen molar-refractivity contribution >= 4 is 17.1 Å². The van der Waals surface area contributed by atoms with Gasteiger partial charge in [0.1, 0.15) is 0 Å². The molecule has 22 heavy (non-hydrogen) atoms. The second kappa shape index (κ2) is 8.44. The molecule has 0 saturated heterocycles. The number of hydrogen-bond acceptors (Lipinski definition) is 8. The number of aliphatic hydroxyl groups is 2. The van der Waals surface area contributed by atoms with E-state index in [1.165, 1.54) is 10.9 Å². The predicted molar refractivity (Wildman–Crippen MR) is 79.2 cm³/mol. The Bertz CT molecular complexity index is 640. The van der Waals surface area contributed by atoms with Crippen molar-refractivity contribution in [1.82, 2.24) is 19.5 Å². The van der Waals surface area contributed by atoms with E-state index >= 15 is 0 Å². The van der Waals surface area contributed by atoms with Gasteiger partial charge >= 0.3 is 0 Å². The van der Waals surface area contributed by atoms with Crippen molar-refractivity contribution < 1.29 is 19.7 Å². The summed E-state index contributed by atoms with van der Waals surface area (Å²) in [5.41, 5.74) is 5.47. The highest BCUT2D eigenvalue weighted by molar-refractivity contribution is 5.70. The van der Waals surface area contributed by atoms with Crippen molar-refractivity contribution in [2.45, 2.75) is 19.3 Å². The van der Waals surface area contributed by atoms with Gasteiger partial charge in [-0.3, -0.25) is 14.3 Å². The number of aliphatic hydroxyl groups excluding tert-OH is 2. The van der Waals surface area contributed by atoms with Gasteiger partial charge in [0.2, 0.25) is 5.95 Å². The molecule has 0 saturated carbocycles. The number of fused-ring (bicyclic) bond motifs is 1. The summed E-state index contributed by atoms with van der Waals surface area (Å²) in [5, 5.41) is 16.5. The summed E-state index contributed by atoms with van der Waals surface area (Å²) in [7, 11) is 2.56. The molecule has 0 unspecified atom stereocenters. The standard InChI is InChI=1S/C11H17N5O4.CH4O/c1-6(4-19-2)20-7(3-17)16-5-13-8-9(16)14-11(12)15-10(8)18;1-2/h5-7,17H,3-4H2,1-2H3,(H3,12,14,15,18);2H,1H3/t6-,7+;/m0./s1. The number of hydrogen-bond donors (Lipinski definition) is 4. The van der Waals surface area contributed by atoms with Gasteiger partial charge in [0.25, 0.3) is 5.56 Å². The van der Waals surface area contributed by atoms with Gasteiger partial charge in [0.15, 0.2) is 17.4 Å². The van der Waals surface area contributed by atoms with Gasteiger partial charge in [0, 0.05) is 14.2 Å². The summed E-state index contributed by atoms with van der Waals surface area (Å²) in [6, 6.07) is 0. The molecule has 0 bridgehead atoms. The highest BCUT2D eigenvalue weighted by Gasteiger charge is 2.19. The third-order valence-electron chi connectivity index (χ3n) is 2.71. The Kier molecular flexibility index (Phi) is 6.92. The van der Waals surface area contributed by atoms with Crippen molar-refractivity contribution in [3.63, 3.8) is 0 Å². The zero-order valence-electron chi connectivity index (χ0n) is 12.7. The van der Waals surface area contributed by atoms with E-state index < -0.39 is 11.8 Å². The normalized spacial score (nSPS) is 13.5. The fourth-order valence-electron chi connectivity index (χ4n) is 1.89. The number of nitrogens with two attached hydrogens (primary N) is 1. The summed E-state index contributed by atoms with van der Waals surface area (Å²) in [6.07, 6.45) is 0.417. The number of rotatable bonds is 6. The largest absolute Gasteiger partial charge is 0.400 e. The van der Waals surface area contributed by atoms with Gasteiger partial charge < -0.3 is 25.4 Å². The van der Waals surface area contributed by atoms with Crippen LogP contribution in [0.1, 0.15) is 13.2 Å². The maximum absolute atomic E-state index is 11.7. The van der Waals surface area contributed by atoms with E-state index in [1.807, 2.05) is 0 Å². The Hall–Kier alpha value is -2.01. The number of nitrogen functional groups attached to an aromatic ring is 1. The number of imidazole rings is 1. The smallest absolute Gasteiger partial charge is 0.280 e. The maximum atomic E-state index is 11.7. The van der Waals surface area contributed by atoms with Crippen molar-refractivity contribution in [3.05, 3.63) is 16.7 Å². The average molecular weight is 315 g/mol. The molecule has 0 aromatic carbocycles. The Balaban J connectivity index is 0.00000116. The lowest BCUT2D eigenvalue weighted by molar-refractivity contribution is -0.0922. The quantitative estimate of drug-likeness (QED) is 0.522. The highest BCUT2D eigenvalue weighted by atomic mass is 16.5. The summed E-state index contributed by atoms with van der Waals surface area (Å²) in [6.45, 7) is 1.88. The topological polar surface area (TPSA) is 149 Å². The molecule has 2 rings (SSSR count). The SMILES string of the molecule is CO.COC[C@H](C)O[C@H](CO)n1cnc2c(=O)[nH]c(N)nc21. The van der Waals surface area contributed by atoms with E-state index in [1.54, 1.807) is 14.0 Å². The van der Waals surface area contributed by atoms with Gasteiger partial charge in [-0.1, -0.05) is 0 Å². The molecule has 0 amide bonds. The molecule has 124 valence electrons. The van der Waals surface area contributed by atoms with Crippen molar-refractivity contribution in [3.8, 4) is 0 Å². The van der Waals surface area contributed by atoms with Crippen LogP contribution in [-0.2, 0) is 9.47 Å². The molecule has 2 aromatic rings. The molecule has 0 aliphatic carbocycles. The Morgan fingerprint density at radius 3 is 2.77 bits per heavy atom. The molecule has 2 aromatic heterocycles. The molecule has 2 atom stereocenters. The third kappa shape index (κ3) is 4.01. The number of aromatic nitrogens is 4. The first-order valence-electron chi connectivity index (χ1n) is 6.49. The van der Waals surface area contributed by atoms with Crippen molar-refractivity contribution in [2.24, 2.45) is 0 Å². The van der Waals surface area contributed by atoms with Gasteiger partial charge in [-0.05, 0) is 6.92 Å². The van der Waals surface area contributed by atoms with E-state index in [2.05, 4.69) is 15.0 Å². The summed E-state index contributed by atoms with van der Waals surface area (Å²) in [4.78, 5) is 22.0. The summed E-state index contributed by atoms with van der Waals surface area (Å²) in [5.74, 6) is -0.0223. The number of nitrogens with zero attached hydrogens (tertiary/aromatic N) is 3. The lowest BCUT2D eigenvalue weighted by Gasteiger charge is -2.21. The third-order valence-corrected chi connectivity index (χ3v) is 2.71. The monoisotopic (exact) mass is 315 g/mol. The van der Waals surface area contributed by atoms with Gasteiger partial charge in [-0.2, -0.15) is 4.98 Å². The Morgan fingerprint density at radius 2 is 2.18 bits per heavy atom. The number of anilines is 1. The fourth-order valence-corrected chi connectivity index (χ4v) is 1.89. The van der Waals surface area contributed by atoms with Crippen LogP contribution < -0.4 is 11.3 Å². The van der Waals surface area contributed by atoms with E-state index in [4.69, 9.17) is 20.3 Å². The van der Waals surface area contributed by atoms with Gasteiger partial charge in [-0.25, -0.2) is 4.98 Å². The average Bonchev–Trinajstić information content (AvgIpc) is 2.91. The molecule has 0 spiro atoms. The Morgan fingerprint density at radius 1 is 1.50 bits per heavy atom. The van der Waals surface area contributed by atoms with Crippen LogP contribution in [0.5, 0.6) is 0 Å². The van der Waals surface area contributed by atoms with Crippen molar-refractivity contribution in [1.29, 1.82) is 0 Å². The van der Waals surface area contributed by atoms with Crippen LogP contribution in [-0.4, -0.2) is 63.3 Å². The zero-order chi connectivity index (χ0) is 16.7. The van der Waals surface area contributed by atoms with E-state index in [-0.39, 0.29) is 29.8 Å². The van der Waals surface area contributed by atoms with Crippen molar-refractivity contribution in [2.75, 3.05) is 33.2 Å². The fraction of sp³-hybridized carbons (Fsp3) is 0.583. The molecule has 0 aliphatic heterocycles. The lowest BCUT2D eigenvalue weighted by Crippen LogP contribution is -2.25. The number of H-pyrrole nitrogens is 1. The first kappa shape index (κ1) is 18.0. The summed E-state index contributed by atoms with van der Waals surface area (Å²) < 4.78 is 12.1. The molecular weight excluding hydrogens is 294 g/mol. The molecule has 10 heteroatoms. The van der Waals surface area contributed by atoms with Crippen LogP contribution in [0.25, 0.3) is 11.2 Å². The maximum Gasteiger partial charge on any atom is 0.280 e. The number of ether oxygens (including phenoxy) is 2. The lowest BCUT2D eigenvalue weighted by atomic mass is 10.4. The molecular formula is C12H21N5O5. The molecule has 2 heterocycles. The second-order valence-corrected chi connectivity index (χ2v) is 4.31. The minimum atomic E-state index is -0.723. The summed E-state index contributed by atoms with van der Waals surface area (Å²) >= 11 is 0. The number of aromatic amines is 1. The van der Waals surface area contributed by atoms with Crippen LogP contribution in [0.4, 0.5) is 5.95 Å². The van der Waals surface area contributed by atoms with Crippen LogP contribution in [0.15, 0.2) is 11.1 Å². The van der Waals surface area contributed by atoms with Crippen LogP contribution >= 0.6 is 0 Å². The molecule has 10 nitrogen and oxygen atoms in total. The number of nitrogens with one attached hydrogen (secondary N) is 1. The van der Waals surface area contributed by atoms with Gasteiger partial charge in [0.05, 0.1) is 25.6 Å². The first-order valence-corrected chi connectivity index (χ1v) is 6.49. The minimum Gasteiger partial charge on any atom is -0.400 e. The molecule has 0 fully saturated rings. The van der Waals surface area contributed by atoms with Gasteiger partial charge in [-0.15, -0.1) is 0 Å². The molecule has 0 radical (unpaired) electrons. The van der Waals surface area contributed by atoms with E-state index in [0.29, 0.717) is 6.61 Å². The van der Waals surface area contributed by atoms with Crippen LogP contribution in [0.3, 0.4) is 0 Å². The molecule has 0 aliphatic rings. The minimum absolute atomic E-state index is 0.0223. The van der Waals surface area contributed by atoms with E-state index in [0.717, 1.165) is 7.11 Å². The van der Waals surface area contributed by atoms with E-state index in [9.17, 15) is 9.90 Å². The van der Waals surface area contributed by atoms with Crippen LogP contribution in [0.2, 0.25) is 0 Å². The molecule has 5 N–H and O–H groups in total. The first-order chi connectivity index (χ1) is 10.6. The zero-order valence-corrected chi connectivity index (χ0v) is 12.7. The highest BCUT2D eigenvalue weighted by Crippen LogP contribution is 2.16.